The quantitative estimate of drug-likeness (QED) is 0.426. The van der Waals surface area contributed by atoms with Gasteiger partial charge in [-0.2, -0.15) is 0 Å². The van der Waals surface area contributed by atoms with Gasteiger partial charge in [-0.15, -0.1) is 0 Å². The summed E-state index contributed by atoms with van der Waals surface area (Å²) in [5.41, 5.74) is -0.409. The zero-order valence-corrected chi connectivity index (χ0v) is 15.4. The second-order valence-electron chi connectivity index (χ2n) is 6.22. The summed E-state index contributed by atoms with van der Waals surface area (Å²) in [7, 11) is -4.52. The van der Waals surface area contributed by atoms with Crippen molar-refractivity contribution in [2.75, 3.05) is 0 Å². The predicted octanol–water partition coefficient (Wildman–Crippen LogP) is 5.29. The molecule has 0 atom stereocenters. The van der Waals surface area contributed by atoms with Crippen molar-refractivity contribution in [3.63, 3.8) is 0 Å². The number of halogens is 4. The maximum Gasteiger partial charge on any atom is 0.208 e. The molecule has 4 aromatic rings. The Bertz CT molecular complexity index is 1350. The van der Waals surface area contributed by atoms with E-state index in [1.54, 1.807) is 0 Å². The van der Waals surface area contributed by atoms with Crippen molar-refractivity contribution in [1.82, 2.24) is 4.98 Å². The molecule has 0 radical (unpaired) electrons. The summed E-state index contributed by atoms with van der Waals surface area (Å²) < 4.78 is 82.4. The number of aromatic nitrogens is 1. The molecule has 0 spiro atoms. The zero-order chi connectivity index (χ0) is 20.8. The number of nitrogens with zero attached hydrogens (tertiary/aromatic N) is 1. The van der Waals surface area contributed by atoms with Crippen LogP contribution in [-0.4, -0.2) is 13.4 Å². The average Bonchev–Trinajstić information content (AvgIpc) is 2.67. The first-order valence-electron chi connectivity index (χ1n) is 8.32. The van der Waals surface area contributed by atoms with Gasteiger partial charge in [0.2, 0.25) is 9.84 Å². The standard InChI is InChI=1S/C21H11F4NO2S/c22-12-8-13(23)10-14(9-12)29(27,28)19-11-26-21-16(5-3-7-18(21)25)20(19)15-4-1-2-6-17(15)24/h1-11H. The van der Waals surface area contributed by atoms with Gasteiger partial charge in [0.25, 0.3) is 0 Å². The molecular weight excluding hydrogens is 406 g/mol. The molecule has 0 aliphatic carbocycles. The van der Waals surface area contributed by atoms with Gasteiger partial charge < -0.3 is 0 Å². The van der Waals surface area contributed by atoms with E-state index in [2.05, 4.69) is 4.98 Å². The maximum absolute atomic E-state index is 14.6. The van der Waals surface area contributed by atoms with Crippen molar-refractivity contribution < 1.29 is 26.0 Å². The minimum atomic E-state index is -4.52. The lowest BCUT2D eigenvalue weighted by atomic mass is 10.0. The van der Waals surface area contributed by atoms with E-state index in [1.807, 2.05) is 0 Å². The molecule has 0 aliphatic heterocycles. The fraction of sp³-hybridized carbons (Fsp3) is 0. The first-order valence-corrected chi connectivity index (χ1v) is 9.80. The van der Waals surface area contributed by atoms with Crippen LogP contribution in [0.4, 0.5) is 17.6 Å². The second-order valence-corrected chi connectivity index (χ2v) is 8.14. The zero-order valence-electron chi connectivity index (χ0n) is 14.5. The molecule has 0 saturated carbocycles. The maximum atomic E-state index is 14.6. The van der Waals surface area contributed by atoms with Crippen LogP contribution in [0.25, 0.3) is 22.0 Å². The van der Waals surface area contributed by atoms with Crippen molar-refractivity contribution in [2.45, 2.75) is 9.79 Å². The van der Waals surface area contributed by atoms with Gasteiger partial charge in [-0.1, -0.05) is 30.3 Å². The van der Waals surface area contributed by atoms with Crippen LogP contribution >= 0.6 is 0 Å². The predicted molar refractivity (Wildman–Crippen MR) is 98.9 cm³/mol. The van der Waals surface area contributed by atoms with Crippen molar-refractivity contribution >= 4 is 20.7 Å². The highest BCUT2D eigenvalue weighted by Crippen LogP contribution is 2.38. The lowest BCUT2D eigenvalue weighted by Crippen LogP contribution is -2.07. The molecular formula is C21H11F4NO2S. The summed E-state index contributed by atoms with van der Waals surface area (Å²) in [6.45, 7) is 0. The molecule has 0 bridgehead atoms. The van der Waals surface area contributed by atoms with Crippen molar-refractivity contribution in [3.8, 4) is 11.1 Å². The first-order chi connectivity index (χ1) is 13.8. The van der Waals surface area contributed by atoms with Crippen LogP contribution in [0.2, 0.25) is 0 Å². The monoisotopic (exact) mass is 417 g/mol. The van der Waals surface area contributed by atoms with E-state index >= 15 is 0 Å². The lowest BCUT2D eigenvalue weighted by molar-refractivity contribution is 0.567. The largest absolute Gasteiger partial charge is 0.252 e. The number of pyridine rings is 1. The molecule has 0 N–H and O–H groups in total. The normalized spacial score (nSPS) is 11.7. The third-order valence-electron chi connectivity index (χ3n) is 4.39. The summed E-state index contributed by atoms with van der Waals surface area (Å²) in [5, 5.41) is 0.0491. The van der Waals surface area contributed by atoms with E-state index in [0.29, 0.717) is 18.2 Å². The van der Waals surface area contributed by atoms with Crippen molar-refractivity contribution in [2.24, 2.45) is 0 Å². The Balaban J connectivity index is 2.13. The summed E-state index contributed by atoms with van der Waals surface area (Å²) in [6, 6.07) is 11.1. The van der Waals surface area contributed by atoms with Gasteiger partial charge in [0.1, 0.15) is 28.8 Å². The fourth-order valence-electron chi connectivity index (χ4n) is 3.12. The summed E-state index contributed by atoms with van der Waals surface area (Å²) in [4.78, 5) is 2.71. The number of sulfone groups is 1. The highest BCUT2D eigenvalue weighted by molar-refractivity contribution is 7.91. The van der Waals surface area contributed by atoms with Gasteiger partial charge >= 0.3 is 0 Å². The molecule has 0 amide bonds. The Morgan fingerprint density at radius 3 is 2.10 bits per heavy atom. The second kappa shape index (κ2) is 6.97. The van der Waals surface area contributed by atoms with Crippen LogP contribution in [-0.2, 0) is 9.84 Å². The van der Waals surface area contributed by atoms with Crippen LogP contribution in [0.15, 0.2) is 76.7 Å². The summed E-state index contributed by atoms with van der Waals surface area (Å²) in [6.07, 6.45) is 0.866. The molecule has 0 aliphatic rings. The molecule has 3 aromatic carbocycles. The Morgan fingerprint density at radius 1 is 0.759 bits per heavy atom. The number of hydrogen-bond acceptors (Lipinski definition) is 3. The Morgan fingerprint density at radius 2 is 1.41 bits per heavy atom. The summed E-state index contributed by atoms with van der Waals surface area (Å²) >= 11 is 0. The van der Waals surface area contributed by atoms with Crippen molar-refractivity contribution in [1.29, 1.82) is 0 Å². The minimum Gasteiger partial charge on any atom is -0.252 e. The molecule has 0 unspecified atom stereocenters. The molecule has 29 heavy (non-hydrogen) atoms. The highest BCUT2D eigenvalue weighted by atomic mass is 32.2. The van der Waals surface area contributed by atoms with E-state index in [4.69, 9.17) is 0 Å². The molecule has 3 nitrogen and oxygen atoms in total. The van der Waals surface area contributed by atoms with Crippen molar-refractivity contribution in [3.05, 3.63) is 90.1 Å². The highest BCUT2D eigenvalue weighted by Gasteiger charge is 2.27. The molecule has 1 aromatic heterocycles. The van der Waals surface area contributed by atoms with Crippen LogP contribution in [0, 0.1) is 23.3 Å². The van der Waals surface area contributed by atoms with Gasteiger partial charge in [-0.05, 0) is 24.3 Å². The van der Waals surface area contributed by atoms with Crippen LogP contribution < -0.4 is 0 Å². The minimum absolute atomic E-state index is 0.0491. The Hall–Kier alpha value is -3.26. The van der Waals surface area contributed by atoms with Gasteiger partial charge in [0.15, 0.2) is 0 Å². The molecule has 0 saturated heterocycles. The van der Waals surface area contributed by atoms with Gasteiger partial charge in [0, 0.05) is 28.8 Å². The molecule has 0 fully saturated rings. The number of benzene rings is 3. The number of rotatable bonds is 3. The van der Waals surface area contributed by atoms with E-state index in [1.165, 1.54) is 30.3 Å². The fourth-order valence-corrected chi connectivity index (χ4v) is 4.59. The smallest absolute Gasteiger partial charge is 0.208 e. The number of fused-ring (bicyclic) bond motifs is 1. The average molecular weight is 417 g/mol. The van der Waals surface area contributed by atoms with Crippen LogP contribution in [0.3, 0.4) is 0 Å². The molecule has 1 heterocycles. The third kappa shape index (κ3) is 3.25. The van der Waals surface area contributed by atoms with E-state index in [0.717, 1.165) is 18.3 Å². The Kier molecular flexibility index (Phi) is 4.58. The Labute approximate surface area is 163 Å². The third-order valence-corrected chi connectivity index (χ3v) is 6.14. The number of hydrogen-bond donors (Lipinski definition) is 0. The van der Waals surface area contributed by atoms with Crippen LogP contribution in [0.5, 0.6) is 0 Å². The van der Waals surface area contributed by atoms with E-state index in [-0.39, 0.29) is 22.0 Å². The van der Waals surface area contributed by atoms with Gasteiger partial charge in [-0.25, -0.2) is 26.0 Å². The van der Waals surface area contributed by atoms with Gasteiger partial charge in [-0.3, -0.25) is 4.98 Å². The van der Waals surface area contributed by atoms with Crippen LogP contribution in [0.1, 0.15) is 0 Å². The molecule has 8 heteroatoms. The summed E-state index contributed by atoms with van der Waals surface area (Å²) in [5.74, 6) is -3.64. The SMILES string of the molecule is O=S(=O)(c1cc(F)cc(F)c1)c1cnc2c(F)cccc2c1-c1ccccc1F. The number of para-hydroxylation sites is 1. The molecule has 4 rings (SSSR count). The van der Waals surface area contributed by atoms with E-state index < -0.39 is 42.9 Å². The molecule has 146 valence electrons. The van der Waals surface area contributed by atoms with E-state index in [9.17, 15) is 26.0 Å². The van der Waals surface area contributed by atoms with Gasteiger partial charge in [0.05, 0.1) is 9.79 Å². The topological polar surface area (TPSA) is 47.0 Å². The first kappa shape index (κ1) is 19.1. The lowest BCUT2D eigenvalue weighted by Gasteiger charge is -2.14.